The van der Waals surface area contributed by atoms with Crippen molar-refractivity contribution in [3.63, 3.8) is 0 Å². The predicted molar refractivity (Wildman–Crippen MR) is 86.6 cm³/mol. The molecule has 5 nitrogen and oxygen atoms in total. The van der Waals surface area contributed by atoms with Crippen LogP contribution in [0.15, 0.2) is 34.9 Å². The van der Waals surface area contributed by atoms with E-state index in [2.05, 4.69) is 4.98 Å². The van der Waals surface area contributed by atoms with E-state index in [0.717, 1.165) is 5.56 Å². The summed E-state index contributed by atoms with van der Waals surface area (Å²) >= 11 is 6.13. The van der Waals surface area contributed by atoms with Crippen molar-refractivity contribution in [2.24, 2.45) is 5.73 Å². The number of carbonyl (C=O) groups excluding carboxylic acids is 1. The van der Waals surface area contributed by atoms with Gasteiger partial charge in [-0.15, -0.1) is 0 Å². The number of aryl methyl sites for hydroxylation is 1. The number of amides is 1. The van der Waals surface area contributed by atoms with Gasteiger partial charge < -0.3 is 15.1 Å². The Morgan fingerprint density at radius 2 is 2.18 bits per heavy atom. The van der Waals surface area contributed by atoms with Gasteiger partial charge in [0, 0.05) is 38.0 Å². The van der Waals surface area contributed by atoms with Gasteiger partial charge >= 0.3 is 0 Å². The Morgan fingerprint density at radius 1 is 1.45 bits per heavy atom. The van der Waals surface area contributed by atoms with Gasteiger partial charge in [0.2, 0.25) is 5.91 Å². The van der Waals surface area contributed by atoms with Crippen molar-refractivity contribution in [2.75, 3.05) is 13.6 Å². The van der Waals surface area contributed by atoms with Crippen molar-refractivity contribution < 1.29 is 9.21 Å². The lowest BCUT2D eigenvalue weighted by molar-refractivity contribution is -0.131. The predicted octanol–water partition coefficient (Wildman–Crippen LogP) is 2.73. The molecule has 1 heterocycles. The van der Waals surface area contributed by atoms with Crippen LogP contribution < -0.4 is 5.73 Å². The molecule has 1 atom stereocenters. The third-order valence-electron chi connectivity index (χ3n) is 3.64. The number of rotatable bonds is 6. The summed E-state index contributed by atoms with van der Waals surface area (Å²) in [5, 5.41) is 0.609. The fourth-order valence-corrected chi connectivity index (χ4v) is 2.23. The highest BCUT2D eigenvalue weighted by molar-refractivity contribution is 6.33. The molecular formula is C16H20ClN3O2. The van der Waals surface area contributed by atoms with Crippen LogP contribution in [0.4, 0.5) is 0 Å². The van der Waals surface area contributed by atoms with Gasteiger partial charge in [0.1, 0.15) is 0 Å². The monoisotopic (exact) mass is 321 g/mol. The minimum Gasteiger partial charge on any atom is -0.441 e. The number of benzene rings is 1. The molecule has 0 saturated carbocycles. The number of oxazole rings is 1. The molecule has 0 aliphatic carbocycles. The summed E-state index contributed by atoms with van der Waals surface area (Å²) in [4.78, 5) is 17.9. The Morgan fingerprint density at radius 3 is 2.86 bits per heavy atom. The van der Waals surface area contributed by atoms with Crippen LogP contribution in [0.2, 0.25) is 5.02 Å². The van der Waals surface area contributed by atoms with Crippen LogP contribution >= 0.6 is 11.6 Å². The third kappa shape index (κ3) is 3.87. The molecule has 2 rings (SSSR count). The van der Waals surface area contributed by atoms with Crippen LogP contribution in [-0.4, -0.2) is 35.4 Å². The highest BCUT2D eigenvalue weighted by atomic mass is 35.5. The van der Waals surface area contributed by atoms with E-state index in [1.165, 1.54) is 0 Å². The van der Waals surface area contributed by atoms with E-state index < -0.39 is 0 Å². The second kappa shape index (κ2) is 7.42. The maximum Gasteiger partial charge on any atom is 0.223 e. The van der Waals surface area contributed by atoms with Gasteiger partial charge in [-0.05, 0) is 19.1 Å². The molecular weight excluding hydrogens is 302 g/mol. The number of nitrogens with two attached hydrogens (primary N) is 1. The minimum absolute atomic E-state index is 0.0236. The highest BCUT2D eigenvalue weighted by Crippen LogP contribution is 2.28. The molecule has 1 unspecified atom stereocenters. The summed E-state index contributed by atoms with van der Waals surface area (Å²) in [5.41, 5.74) is 6.36. The first-order valence-electron chi connectivity index (χ1n) is 7.18. The van der Waals surface area contributed by atoms with Crippen molar-refractivity contribution in [1.82, 2.24) is 9.88 Å². The zero-order valence-electron chi connectivity index (χ0n) is 12.8. The first-order chi connectivity index (χ1) is 10.5. The van der Waals surface area contributed by atoms with Crippen molar-refractivity contribution in [1.29, 1.82) is 0 Å². The molecule has 0 saturated heterocycles. The number of halogens is 1. The average molecular weight is 322 g/mol. The van der Waals surface area contributed by atoms with E-state index in [1.54, 1.807) is 24.2 Å². The van der Waals surface area contributed by atoms with E-state index >= 15 is 0 Å². The second-order valence-electron chi connectivity index (χ2n) is 5.19. The van der Waals surface area contributed by atoms with Gasteiger partial charge in [-0.2, -0.15) is 0 Å². The summed E-state index contributed by atoms with van der Waals surface area (Å²) in [6.07, 6.45) is 2.42. The average Bonchev–Trinajstić information content (AvgIpc) is 3.00. The Labute approximate surface area is 135 Å². The molecule has 118 valence electrons. The standard InChI is InChI=1S/C16H20ClN3O2/c1-11(9-18)20(2)16(21)8-7-15-19-10-14(22-15)12-5-3-4-6-13(12)17/h3-6,10-11H,7-9,18H2,1-2H3. The molecule has 0 aliphatic rings. The molecule has 22 heavy (non-hydrogen) atoms. The van der Waals surface area contributed by atoms with E-state index in [0.29, 0.717) is 36.1 Å². The Bertz CT molecular complexity index is 642. The zero-order chi connectivity index (χ0) is 16.1. The van der Waals surface area contributed by atoms with Crippen LogP contribution in [-0.2, 0) is 11.2 Å². The molecule has 0 bridgehead atoms. The van der Waals surface area contributed by atoms with E-state index in [1.807, 2.05) is 25.1 Å². The van der Waals surface area contributed by atoms with E-state index in [4.69, 9.17) is 21.8 Å². The molecule has 2 N–H and O–H groups in total. The summed E-state index contributed by atoms with van der Waals surface area (Å²) in [6.45, 7) is 2.36. The van der Waals surface area contributed by atoms with E-state index in [9.17, 15) is 4.79 Å². The Hall–Kier alpha value is -1.85. The summed E-state index contributed by atoms with van der Waals surface area (Å²) in [7, 11) is 1.75. The van der Waals surface area contributed by atoms with Gasteiger partial charge in [0.15, 0.2) is 11.7 Å². The topological polar surface area (TPSA) is 72.4 Å². The molecule has 1 aromatic heterocycles. The van der Waals surface area contributed by atoms with Crippen LogP contribution in [0, 0.1) is 0 Å². The summed E-state index contributed by atoms with van der Waals surface area (Å²) < 4.78 is 5.68. The third-order valence-corrected chi connectivity index (χ3v) is 3.97. The Kier molecular flexibility index (Phi) is 5.57. The van der Waals surface area contributed by atoms with Gasteiger partial charge in [-0.3, -0.25) is 4.79 Å². The summed E-state index contributed by atoms with van der Waals surface area (Å²) in [6, 6.07) is 7.43. The molecule has 6 heteroatoms. The molecule has 0 aliphatic heterocycles. The first kappa shape index (κ1) is 16.5. The lowest BCUT2D eigenvalue weighted by atomic mass is 10.2. The molecule has 0 spiro atoms. The Balaban J connectivity index is 1.99. The fourth-order valence-electron chi connectivity index (χ4n) is 2.01. The number of hydrogen-bond acceptors (Lipinski definition) is 4. The smallest absolute Gasteiger partial charge is 0.223 e. The van der Waals surface area contributed by atoms with Gasteiger partial charge in [0.25, 0.3) is 0 Å². The van der Waals surface area contributed by atoms with Crippen molar-refractivity contribution in [2.45, 2.75) is 25.8 Å². The lowest BCUT2D eigenvalue weighted by Crippen LogP contribution is -2.39. The minimum atomic E-state index is 0.0236. The normalized spacial score (nSPS) is 12.2. The molecule has 2 aromatic rings. The number of hydrogen-bond donors (Lipinski definition) is 1. The van der Waals surface area contributed by atoms with Crippen LogP contribution in [0.3, 0.4) is 0 Å². The highest BCUT2D eigenvalue weighted by Gasteiger charge is 2.16. The van der Waals surface area contributed by atoms with Crippen molar-refractivity contribution in [3.05, 3.63) is 41.4 Å². The van der Waals surface area contributed by atoms with Gasteiger partial charge in [-0.1, -0.05) is 23.7 Å². The maximum atomic E-state index is 12.0. The largest absolute Gasteiger partial charge is 0.441 e. The summed E-state index contributed by atoms with van der Waals surface area (Å²) in [5.74, 6) is 1.16. The number of carbonyl (C=O) groups is 1. The molecule has 0 radical (unpaired) electrons. The van der Waals surface area contributed by atoms with Gasteiger partial charge in [-0.25, -0.2) is 4.98 Å². The quantitative estimate of drug-likeness (QED) is 0.888. The molecule has 1 aromatic carbocycles. The zero-order valence-corrected chi connectivity index (χ0v) is 13.5. The second-order valence-corrected chi connectivity index (χ2v) is 5.59. The molecule has 1 amide bonds. The van der Waals surface area contributed by atoms with E-state index in [-0.39, 0.29) is 11.9 Å². The van der Waals surface area contributed by atoms with Crippen LogP contribution in [0.1, 0.15) is 19.2 Å². The first-order valence-corrected chi connectivity index (χ1v) is 7.56. The lowest BCUT2D eigenvalue weighted by Gasteiger charge is -2.23. The number of aromatic nitrogens is 1. The SMILES string of the molecule is CC(CN)N(C)C(=O)CCc1ncc(-c2ccccc2Cl)o1. The van der Waals surface area contributed by atoms with Crippen molar-refractivity contribution in [3.8, 4) is 11.3 Å². The van der Waals surface area contributed by atoms with Crippen LogP contribution in [0.25, 0.3) is 11.3 Å². The number of likely N-dealkylation sites (N-methyl/N-ethyl adjacent to an activating group) is 1. The number of nitrogens with zero attached hydrogens (tertiary/aromatic N) is 2. The fraction of sp³-hybridized carbons (Fsp3) is 0.375. The van der Waals surface area contributed by atoms with Crippen LogP contribution in [0.5, 0.6) is 0 Å². The maximum absolute atomic E-state index is 12.0. The van der Waals surface area contributed by atoms with Crippen molar-refractivity contribution >= 4 is 17.5 Å². The molecule has 0 fully saturated rings. The van der Waals surface area contributed by atoms with Gasteiger partial charge in [0.05, 0.1) is 11.2 Å².